The van der Waals surface area contributed by atoms with E-state index < -0.39 is 0 Å². The van der Waals surface area contributed by atoms with Crippen LogP contribution in [-0.2, 0) is 0 Å². The van der Waals surface area contributed by atoms with Gasteiger partial charge in [-0.05, 0) is 74.9 Å². The van der Waals surface area contributed by atoms with Crippen molar-refractivity contribution >= 4 is 11.8 Å². The highest BCUT2D eigenvalue weighted by Gasteiger charge is 2.43. The summed E-state index contributed by atoms with van der Waals surface area (Å²) in [7, 11) is 0. The molecule has 2 aliphatic rings. The lowest BCUT2D eigenvalue weighted by molar-refractivity contribution is 0.0549. The van der Waals surface area contributed by atoms with E-state index >= 15 is 0 Å². The van der Waals surface area contributed by atoms with E-state index in [4.69, 9.17) is 0 Å². The Kier molecular flexibility index (Phi) is 4.68. The van der Waals surface area contributed by atoms with Gasteiger partial charge in [-0.25, -0.2) is 0 Å². The van der Waals surface area contributed by atoms with Gasteiger partial charge in [0.2, 0.25) is 0 Å². The maximum Gasteiger partial charge on any atom is 0.254 e. The Hall–Kier alpha value is -2.69. The maximum atomic E-state index is 13.1. The third-order valence-corrected chi connectivity index (χ3v) is 6.00. The van der Waals surface area contributed by atoms with Crippen LogP contribution in [0.1, 0.15) is 57.5 Å². The number of rotatable bonds is 3. The number of amides is 2. The predicted molar refractivity (Wildman–Crippen MR) is 104 cm³/mol. The van der Waals surface area contributed by atoms with Crippen LogP contribution in [0.4, 0.5) is 0 Å². The van der Waals surface area contributed by atoms with Crippen molar-refractivity contribution in [2.24, 2.45) is 0 Å². The Morgan fingerprint density at radius 2 is 1.63 bits per heavy atom. The first-order chi connectivity index (χ1) is 13.0. The zero-order valence-electron chi connectivity index (χ0n) is 15.8. The number of piperidine rings is 1. The molecule has 1 aromatic heterocycles. The number of carbonyl (C=O) groups is 2. The third kappa shape index (κ3) is 3.46. The van der Waals surface area contributed by atoms with Crippen LogP contribution in [0.5, 0.6) is 0 Å². The Balaban J connectivity index is 1.45. The lowest BCUT2D eigenvalue weighted by Gasteiger charge is -2.39. The average Bonchev–Trinajstić information content (AvgIpc) is 2.94. The minimum Gasteiger partial charge on any atom is -0.349 e. The molecule has 5 heteroatoms. The molecule has 1 aromatic carbocycles. The largest absolute Gasteiger partial charge is 0.349 e. The highest BCUT2D eigenvalue weighted by molar-refractivity contribution is 5.95. The van der Waals surface area contributed by atoms with Crippen molar-refractivity contribution in [1.29, 1.82) is 0 Å². The molecule has 2 aliphatic heterocycles. The molecular formula is C22H25N3O2. The van der Waals surface area contributed by atoms with Crippen LogP contribution in [0.3, 0.4) is 0 Å². The van der Waals surface area contributed by atoms with Crippen LogP contribution in [0.25, 0.3) is 0 Å². The first-order valence-electron chi connectivity index (χ1n) is 9.63. The van der Waals surface area contributed by atoms with Crippen molar-refractivity contribution in [3.63, 3.8) is 0 Å². The highest BCUT2D eigenvalue weighted by atomic mass is 16.2. The summed E-state index contributed by atoms with van der Waals surface area (Å²) in [6, 6.07) is 9.93. The molecule has 2 fully saturated rings. The van der Waals surface area contributed by atoms with Gasteiger partial charge in [-0.1, -0.05) is 6.07 Å². The molecule has 5 nitrogen and oxygen atoms in total. The van der Waals surface area contributed by atoms with Crippen LogP contribution in [0.15, 0.2) is 42.7 Å². The van der Waals surface area contributed by atoms with Gasteiger partial charge in [-0.3, -0.25) is 14.6 Å². The van der Waals surface area contributed by atoms with Crippen LogP contribution < -0.4 is 5.32 Å². The molecule has 2 saturated heterocycles. The summed E-state index contributed by atoms with van der Waals surface area (Å²) in [5.74, 6) is 0.0697. The maximum absolute atomic E-state index is 13.1. The molecule has 0 spiro atoms. The van der Waals surface area contributed by atoms with Crippen molar-refractivity contribution in [3.8, 4) is 0 Å². The zero-order chi connectivity index (χ0) is 19.0. The van der Waals surface area contributed by atoms with Crippen molar-refractivity contribution in [1.82, 2.24) is 15.2 Å². The van der Waals surface area contributed by atoms with E-state index in [0.29, 0.717) is 5.56 Å². The summed E-state index contributed by atoms with van der Waals surface area (Å²) in [5.41, 5.74) is 3.75. The number of hydrogen-bond donors (Lipinski definition) is 1. The van der Waals surface area contributed by atoms with E-state index in [1.54, 1.807) is 24.5 Å². The number of aryl methyl sites for hydroxylation is 2. The van der Waals surface area contributed by atoms with Crippen molar-refractivity contribution < 1.29 is 9.59 Å². The fourth-order valence-electron chi connectivity index (χ4n) is 4.42. The second-order valence-electron chi connectivity index (χ2n) is 7.77. The number of pyridine rings is 1. The molecule has 2 atom stereocenters. The number of hydrogen-bond acceptors (Lipinski definition) is 3. The van der Waals surface area contributed by atoms with Gasteiger partial charge in [0.25, 0.3) is 11.8 Å². The SMILES string of the molecule is Cc1ccc(C(=O)N2C3CCC2CC(NC(=O)c2ccncc2)C3)cc1C. The van der Waals surface area contributed by atoms with Crippen LogP contribution >= 0.6 is 0 Å². The first kappa shape index (κ1) is 17.7. The molecule has 0 radical (unpaired) electrons. The number of nitrogens with one attached hydrogen (secondary N) is 1. The van der Waals surface area contributed by atoms with Gasteiger partial charge in [0.05, 0.1) is 0 Å². The van der Waals surface area contributed by atoms with Crippen molar-refractivity contribution in [2.45, 2.75) is 57.7 Å². The summed E-state index contributed by atoms with van der Waals surface area (Å²) in [5, 5.41) is 3.15. The van der Waals surface area contributed by atoms with Gasteiger partial charge < -0.3 is 10.2 Å². The Labute approximate surface area is 159 Å². The molecule has 2 amide bonds. The van der Waals surface area contributed by atoms with Crippen molar-refractivity contribution in [3.05, 3.63) is 65.0 Å². The minimum atomic E-state index is -0.0595. The summed E-state index contributed by atoms with van der Waals surface area (Å²) < 4.78 is 0. The monoisotopic (exact) mass is 363 g/mol. The van der Waals surface area contributed by atoms with Crippen LogP contribution in [0, 0.1) is 13.8 Å². The molecule has 3 heterocycles. The zero-order valence-corrected chi connectivity index (χ0v) is 15.8. The lowest BCUT2D eigenvalue weighted by atomic mass is 9.95. The Morgan fingerprint density at radius 3 is 2.26 bits per heavy atom. The molecule has 27 heavy (non-hydrogen) atoms. The molecule has 1 N–H and O–H groups in total. The molecule has 4 rings (SSSR count). The molecule has 2 aromatic rings. The van der Waals surface area contributed by atoms with Gasteiger partial charge in [0.1, 0.15) is 0 Å². The van der Waals surface area contributed by atoms with Crippen LogP contribution in [0.2, 0.25) is 0 Å². The third-order valence-electron chi connectivity index (χ3n) is 6.00. The average molecular weight is 363 g/mol. The molecule has 2 bridgehead atoms. The summed E-state index contributed by atoms with van der Waals surface area (Å²) in [6.07, 6.45) is 6.94. The molecular weight excluding hydrogens is 338 g/mol. The van der Waals surface area contributed by atoms with E-state index in [-0.39, 0.29) is 29.9 Å². The van der Waals surface area contributed by atoms with Crippen LogP contribution in [-0.4, -0.2) is 39.8 Å². The van der Waals surface area contributed by atoms with E-state index in [1.165, 1.54) is 5.56 Å². The standard InChI is InChI=1S/C22H25N3O2/c1-14-3-4-17(11-15(14)2)22(27)25-19-5-6-20(25)13-18(12-19)24-21(26)16-7-9-23-10-8-16/h3-4,7-11,18-20H,5-6,12-13H2,1-2H3,(H,24,26). The lowest BCUT2D eigenvalue weighted by Crippen LogP contribution is -2.52. The van der Waals surface area contributed by atoms with Crippen molar-refractivity contribution in [2.75, 3.05) is 0 Å². The number of fused-ring (bicyclic) bond motifs is 2. The van der Waals surface area contributed by atoms with E-state index in [1.807, 2.05) is 25.1 Å². The number of nitrogens with zero attached hydrogens (tertiary/aromatic N) is 2. The molecule has 0 aliphatic carbocycles. The predicted octanol–water partition coefficient (Wildman–Crippen LogP) is 3.26. The normalized spacial score (nSPS) is 23.9. The summed E-state index contributed by atoms with van der Waals surface area (Å²) in [6.45, 7) is 4.10. The number of carbonyl (C=O) groups excluding carboxylic acids is 2. The minimum absolute atomic E-state index is 0.0595. The highest BCUT2D eigenvalue weighted by Crippen LogP contribution is 2.37. The number of aromatic nitrogens is 1. The molecule has 140 valence electrons. The molecule has 2 unspecified atom stereocenters. The quantitative estimate of drug-likeness (QED) is 0.910. The van der Waals surface area contributed by atoms with E-state index in [2.05, 4.69) is 22.1 Å². The van der Waals surface area contributed by atoms with Gasteiger partial charge in [0.15, 0.2) is 0 Å². The summed E-state index contributed by atoms with van der Waals surface area (Å²) >= 11 is 0. The van der Waals surface area contributed by atoms with Gasteiger partial charge in [0, 0.05) is 41.6 Å². The fourth-order valence-corrected chi connectivity index (χ4v) is 4.42. The molecule has 0 saturated carbocycles. The Bertz CT molecular complexity index is 851. The van der Waals surface area contributed by atoms with Gasteiger partial charge in [-0.2, -0.15) is 0 Å². The fraction of sp³-hybridized carbons (Fsp3) is 0.409. The second-order valence-corrected chi connectivity index (χ2v) is 7.77. The van der Waals surface area contributed by atoms with Gasteiger partial charge in [-0.15, -0.1) is 0 Å². The smallest absolute Gasteiger partial charge is 0.254 e. The summed E-state index contributed by atoms with van der Waals surface area (Å²) in [4.78, 5) is 31.6. The Morgan fingerprint density at radius 1 is 0.963 bits per heavy atom. The van der Waals surface area contributed by atoms with E-state index in [9.17, 15) is 9.59 Å². The topological polar surface area (TPSA) is 62.3 Å². The number of benzene rings is 1. The van der Waals surface area contributed by atoms with Gasteiger partial charge >= 0.3 is 0 Å². The van der Waals surface area contributed by atoms with E-state index in [0.717, 1.165) is 36.8 Å². The second kappa shape index (κ2) is 7.14. The first-order valence-corrected chi connectivity index (χ1v) is 9.63.